The van der Waals surface area contributed by atoms with Gasteiger partial charge in [-0.2, -0.15) is 0 Å². The van der Waals surface area contributed by atoms with E-state index in [0.717, 1.165) is 30.6 Å². The number of carbonyl (C=O) groups is 1. The molecule has 4 nitrogen and oxygen atoms in total. The maximum Gasteiger partial charge on any atom is 0.321 e. The van der Waals surface area contributed by atoms with Crippen LogP contribution in [-0.4, -0.2) is 35.2 Å². The highest BCUT2D eigenvalue weighted by molar-refractivity contribution is 5.90. The van der Waals surface area contributed by atoms with Crippen molar-refractivity contribution in [3.63, 3.8) is 0 Å². The number of aliphatic hydroxyl groups excluding tert-OH is 1. The Morgan fingerprint density at radius 2 is 2.20 bits per heavy atom. The maximum absolute atomic E-state index is 12.3. The second kappa shape index (κ2) is 6.27. The first-order valence-corrected chi connectivity index (χ1v) is 7.29. The van der Waals surface area contributed by atoms with Gasteiger partial charge in [-0.15, -0.1) is 0 Å². The number of hydrogen-bond acceptors (Lipinski definition) is 2. The summed E-state index contributed by atoms with van der Waals surface area (Å²) in [7, 11) is 0. The molecule has 0 aromatic heterocycles. The number of rotatable bonds is 2. The largest absolute Gasteiger partial charge is 0.393 e. The summed E-state index contributed by atoms with van der Waals surface area (Å²) in [6.07, 6.45) is 1.59. The molecule has 2 unspecified atom stereocenters. The van der Waals surface area contributed by atoms with Crippen molar-refractivity contribution in [2.75, 3.05) is 18.4 Å². The van der Waals surface area contributed by atoms with Crippen LogP contribution in [0.1, 0.15) is 30.9 Å². The Kier molecular flexibility index (Phi) is 4.65. The average molecular weight is 276 g/mol. The third-order valence-corrected chi connectivity index (χ3v) is 4.27. The van der Waals surface area contributed by atoms with Gasteiger partial charge in [-0.25, -0.2) is 4.79 Å². The lowest BCUT2D eigenvalue weighted by Crippen LogP contribution is -2.44. The molecule has 2 N–H and O–H groups in total. The summed E-state index contributed by atoms with van der Waals surface area (Å²) in [5.74, 6) is 0.188. The molecular formula is C16H24N2O2. The number of nitrogens with one attached hydrogen (secondary N) is 1. The topological polar surface area (TPSA) is 52.6 Å². The van der Waals surface area contributed by atoms with Crippen molar-refractivity contribution >= 4 is 11.7 Å². The molecule has 0 saturated carbocycles. The fourth-order valence-corrected chi connectivity index (χ4v) is 2.67. The van der Waals surface area contributed by atoms with Crippen molar-refractivity contribution in [3.8, 4) is 0 Å². The van der Waals surface area contributed by atoms with Crippen molar-refractivity contribution in [1.29, 1.82) is 0 Å². The number of aryl methyl sites for hydroxylation is 1. The monoisotopic (exact) mass is 276 g/mol. The first-order chi connectivity index (χ1) is 9.49. The molecule has 1 aliphatic rings. The lowest BCUT2D eigenvalue weighted by Gasteiger charge is -2.34. The van der Waals surface area contributed by atoms with Gasteiger partial charge in [0.15, 0.2) is 0 Å². The molecule has 1 heterocycles. The van der Waals surface area contributed by atoms with Crippen LogP contribution >= 0.6 is 0 Å². The van der Waals surface area contributed by atoms with Crippen molar-refractivity contribution in [3.05, 3.63) is 29.3 Å². The Morgan fingerprint density at radius 3 is 2.90 bits per heavy atom. The number of anilines is 1. The molecule has 110 valence electrons. The molecule has 1 fully saturated rings. The molecule has 0 bridgehead atoms. The quantitative estimate of drug-likeness (QED) is 0.872. The van der Waals surface area contributed by atoms with E-state index in [1.165, 1.54) is 5.56 Å². The third kappa shape index (κ3) is 3.31. The molecule has 1 aromatic rings. The van der Waals surface area contributed by atoms with E-state index in [4.69, 9.17) is 0 Å². The standard InChI is InChI=1S/C16H24N2O2/c1-11-6-4-8-15(12(11)2)17-16(20)18-9-5-7-14(10-18)13(3)19/h4,6,8,13-14,19H,5,7,9-10H2,1-3H3,(H,17,20). The molecule has 0 radical (unpaired) electrons. The number of carbonyl (C=O) groups excluding carboxylic acids is 1. The van der Waals surface area contributed by atoms with Crippen LogP contribution in [-0.2, 0) is 0 Å². The number of hydrogen-bond donors (Lipinski definition) is 2. The van der Waals surface area contributed by atoms with Crippen LogP contribution < -0.4 is 5.32 Å². The maximum atomic E-state index is 12.3. The van der Waals surface area contributed by atoms with Gasteiger partial charge in [0.05, 0.1) is 6.10 Å². The second-order valence-corrected chi connectivity index (χ2v) is 5.77. The highest BCUT2D eigenvalue weighted by Gasteiger charge is 2.26. The minimum absolute atomic E-state index is 0.0657. The molecule has 2 amide bonds. The number of benzene rings is 1. The number of likely N-dealkylation sites (tertiary alicyclic amines) is 1. The third-order valence-electron chi connectivity index (χ3n) is 4.27. The summed E-state index contributed by atoms with van der Waals surface area (Å²) in [6.45, 7) is 7.25. The number of urea groups is 1. The van der Waals surface area contributed by atoms with E-state index >= 15 is 0 Å². The number of nitrogens with zero attached hydrogens (tertiary/aromatic N) is 1. The van der Waals surface area contributed by atoms with Crippen LogP contribution in [0.15, 0.2) is 18.2 Å². The van der Waals surface area contributed by atoms with E-state index in [2.05, 4.69) is 5.32 Å². The zero-order chi connectivity index (χ0) is 14.7. The minimum atomic E-state index is -0.355. The van der Waals surface area contributed by atoms with E-state index in [-0.39, 0.29) is 18.1 Å². The Labute approximate surface area is 120 Å². The van der Waals surface area contributed by atoms with E-state index in [1.807, 2.05) is 36.9 Å². The first-order valence-electron chi connectivity index (χ1n) is 7.29. The Morgan fingerprint density at radius 1 is 1.45 bits per heavy atom. The van der Waals surface area contributed by atoms with Gasteiger partial charge < -0.3 is 15.3 Å². The summed E-state index contributed by atoms with van der Waals surface area (Å²) in [4.78, 5) is 14.1. The molecule has 2 rings (SSSR count). The van der Waals surface area contributed by atoms with Crippen molar-refractivity contribution < 1.29 is 9.90 Å². The summed E-state index contributed by atoms with van der Waals surface area (Å²) < 4.78 is 0. The lowest BCUT2D eigenvalue weighted by molar-refractivity contribution is 0.0766. The number of aliphatic hydroxyl groups is 1. The highest BCUT2D eigenvalue weighted by Crippen LogP contribution is 2.22. The van der Waals surface area contributed by atoms with Crippen LogP contribution in [0.5, 0.6) is 0 Å². The number of piperidine rings is 1. The first kappa shape index (κ1) is 14.9. The van der Waals surface area contributed by atoms with E-state index in [0.29, 0.717) is 6.54 Å². The Hall–Kier alpha value is -1.55. The molecular weight excluding hydrogens is 252 g/mol. The van der Waals surface area contributed by atoms with Crippen LogP contribution in [0.4, 0.5) is 10.5 Å². The van der Waals surface area contributed by atoms with Gasteiger partial charge in [-0.05, 0) is 50.8 Å². The molecule has 0 spiro atoms. The van der Waals surface area contributed by atoms with Crippen LogP contribution in [0, 0.1) is 19.8 Å². The summed E-state index contributed by atoms with van der Waals surface area (Å²) >= 11 is 0. The smallest absolute Gasteiger partial charge is 0.321 e. The van der Waals surface area contributed by atoms with Crippen molar-refractivity contribution in [2.24, 2.45) is 5.92 Å². The molecule has 1 saturated heterocycles. The average Bonchev–Trinajstić information content (AvgIpc) is 2.44. The molecule has 20 heavy (non-hydrogen) atoms. The fraction of sp³-hybridized carbons (Fsp3) is 0.562. The van der Waals surface area contributed by atoms with E-state index < -0.39 is 0 Å². The molecule has 0 aliphatic carbocycles. The molecule has 1 aliphatic heterocycles. The van der Waals surface area contributed by atoms with Gasteiger partial charge in [0, 0.05) is 24.7 Å². The van der Waals surface area contributed by atoms with E-state index in [1.54, 1.807) is 6.92 Å². The predicted molar refractivity (Wildman–Crippen MR) is 80.9 cm³/mol. The van der Waals surface area contributed by atoms with Gasteiger partial charge in [0.2, 0.25) is 0 Å². The lowest BCUT2D eigenvalue weighted by atomic mass is 9.94. The van der Waals surface area contributed by atoms with Gasteiger partial charge in [0.1, 0.15) is 0 Å². The highest BCUT2D eigenvalue weighted by atomic mass is 16.3. The molecule has 4 heteroatoms. The van der Waals surface area contributed by atoms with Gasteiger partial charge in [-0.3, -0.25) is 0 Å². The minimum Gasteiger partial charge on any atom is -0.393 e. The zero-order valence-electron chi connectivity index (χ0n) is 12.5. The van der Waals surface area contributed by atoms with Gasteiger partial charge >= 0.3 is 6.03 Å². The normalized spacial score (nSPS) is 20.6. The molecule has 1 aromatic carbocycles. The van der Waals surface area contributed by atoms with E-state index in [9.17, 15) is 9.90 Å². The Bertz CT molecular complexity index is 485. The summed E-state index contributed by atoms with van der Waals surface area (Å²) in [5, 5.41) is 12.7. The SMILES string of the molecule is Cc1cccc(NC(=O)N2CCCC(C(C)O)C2)c1C. The van der Waals surface area contributed by atoms with Crippen molar-refractivity contribution in [1.82, 2.24) is 4.90 Å². The zero-order valence-corrected chi connectivity index (χ0v) is 12.5. The van der Waals surface area contributed by atoms with Crippen LogP contribution in [0.2, 0.25) is 0 Å². The summed E-state index contributed by atoms with van der Waals surface area (Å²) in [6, 6.07) is 5.85. The van der Waals surface area contributed by atoms with Crippen LogP contribution in [0.3, 0.4) is 0 Å². The van der Waals surface area contributed by atoms with Crippen molar-refractivity contribution in [2.45, 2.75) is 39.7 Å². The summed E-state index contributed by atoms with van der Waals surface area (Å²) in [5.41, 5.74) is 3.14. The predicted octanol–water partition coefficient (Wildman–Crippen LogP) is 2.93. The number of amides is 2. The second-order valence-electron chi connectivity index (χ2n) is 5.77. The van der Waals surface area contributed by atoms with Gasteiger partial charge in [-0.1, -0.05) is 12.1 Å². The van der Waals surface area contributed by atoms with Gasteiger partial charge in [0.25, 0.3) is 0 Å². The molecule has 2 atom stereocenters. The Balaban J connectivity index is 2.03. The fourth-order valence-electron chi connectivity index (χ4n) is 2.67. The van der Waals surface area contributed by atoms with Crippen LogP contribution in [0.25, 0.3) is 0 Å².